The van der Waals surface area contributed by atoms with Crippen LogP contribution in [0.15, 0.2) is 126 Å². The maximum atomic E-state index is 5.16. The lowest BCUT2D eigenvalue weighted by atomic mass is 10.00. The molecule has 0 aliphatic rings. The molecule has 0 spiro atoms. The first-order valence-electron chi connectivity index (χ1n) is 13.9. The molecule has 7 rings (SSSR count). The highest BCUT2D eigenvalue weighted by atomic mass is 15.1. The molecule has 0 aliphatic heterocycles. The van der Waals surface area contributed by atoms with Gasteiger partial charge in [0, 0.05) is 29.4 Å². The second-order valence-corrected chi connectivity index (χ2v) is 10.1. The summed E-state index contributed by atoms with van der Waals surface area (Å²) in [7, 11) is 0. The molecule has 0 amide bonds. The summed E-state index contributed by atoms with van der Waals surface area (Å²) in [4.78, 5) is 16.7. The Labute approximate surface area is 239 Å². The van der Waals surface area contributed by atoms with E-state index in [0.717, 1.165) is 80.0 Å². The Morgan fingerprint density at radius 2 is 1.54 bits per heavy atom. The number of fused-ring (bicyclic) bond motifs is 5. The van der Waals surface area contributed by atoms with Crippen molar-refractivity contribution in [3.05, 3.63) is 121 Å². The van der Waals surface area contributed by atoms with Crippen LogP contribution in [0.1, 0.15) is 13.3 Å². The number of imidazole rings is 1. The van der Waals surface area contributed by atoms with Gasteiger partial charge in [0.25, 0.3) is 0 Å². The molecule has 41 heavy (non-hydrogen) atoms. The van der Waals surface area contributed by atoms with Crippen LogP contribution in [-0.4, -0.2) is 27.6 Å². The standard InChI is InChI=1S/C36H29N5/c1-3-22-40(32-16-7-6-15-31(32)37-2)28-20-18-25(19-21-28)26-11-10-12-27(24-26)34-36-35(29-13-4-5-14-30(29)38-34)39-33-17-8-9-23-41(33)36/h4-21,23-24H,2-3,22H2,1H3. The number of aliphatic imine (C=N–C) groups is 1. The van der Waals surface area contributed by atoms with E-state index in [-0.39, 0.29) is 0 Å². The van der Waals surface area contributed by atoms with Crippen molar-refractivity contribution in [2.24, 2.45) is 4.99 Å². The number of pyridine rings is 2. The van der Waals surface area contributed by atoms with E-state index in [2.05, 4.69) is 101 Å². The van der Waals surface area contributed by atoms with Crippen LogP contribution in [0.2, 0.25) is 0 Å². The van der Waals surface area contributed by atoms with Gasteiger partial charge in [0.15, 0.2) is 0 Å². The van der Waals surface area contributed by atoms with Gasteiger partial charge in [-0.3, -0.25) is 9.39 Å². The van der Waals surface area contributed by atoms with Crippen molar-refractivity contribution in [2.75, 3.05) is 11.4 Å². The van der Waals surface area contributed by atoms with Crippen molar-refractivity contribution < 1.29 is 0 Å². The number of benzene rings is 4. The first-order chi connectivity index (χ1) is 20.2. The summed E-state index contributed by atoms with van der Waals surface area (Å²) in [5.41, 5.74) is 11.2. The lowest BCUT2D eigenvalue weighted by molar-refractivity contribution is 0.886. The fraction of sp³-hybridized carbons (Fsp3) is 0.0833. The van der Waals surface area contributed by atoms with Crippen LogP contribution in [0.5, 0.6) is 0 Å². The number of hydrogen-bond acceptors (Lipinski definition) is 4. The monoisotopic (exact) mass is 531 g/mol. The molecule has 0 atom stereocenters. The molecular weight excluding hydrogens is 502 g/mol. The largest absolute Gasteiger partial charge is 0.340 e. The lowest BCUT2D eigenvalue weighted by Crippen LogP contribution is -2.17. The highest BCUT2D eigenvalue weighted by Gasteiger charge is 2.17. The summed E-state index contributed by atoms with van der Waals surface area (Å²) in [6, 6.07) is 39.9. The normalized spacial score (nSPS) is 11.3. The van der Waals surface area contributed by atoms with Crippen LogP contribution < -0.4 is 4.90 Å². The van der Waals surface area contributed by atoms with Crippen molar-refractivity contribution >= 4 is 51.4 Å². The Hall–Kier alpha value is -5.29. The predicted molar refractivity (Wildman–Crippen MR) is 172 cm³/mol. The Morgan fingerprint density at radius 1 is 0.756 bits per heavy atom. The van der Waals surface area contributed by atoms with Gasteiger partial charge >= 0.3 is 0 Å². The second-order valence-electron chi connectivity index (χ2n) is 10.1. The highest BCUT2D eigenvalue weighted by molar-refractivity contribution is 6.09. The topological polar surface area (TPSA) is 45.8 Å². The number of nitrogens with zero attached hydrogens (tertiary/aromatic N) is 5. The summed E-state index contributed by atoms with van der Waals surface area (Å²) >= 11 is 0. The molecule has 0 unspecified atom stereocenters. The average Bonchev–Trinajstić information content (AvgIpc) is 3.43. The van der Waals surface area contributed by atoms with Gasteiger partial charge in [0.05, 0.1) is 28.1 Å². The Balaban J connectivity index is 1.32. The minimum absolute atomic E-state index is 0.888. The highest BCUT2D eigenvalue weighted by Crippen LogP contribution is 2.37. The zero-order valence-electron chi connectivity index (χ0n) is 22.9. The van der Waals surface area contributed by atoms with Crippen molar-refractivity contribution in [3.63, 3.8) is 0 Å². The van der Waals surface area contributed by atoms with Gasteiger partial charge in [0.2, 0.25) is 0 Å². The van der Waals surface area contributed by atoms with E-state index in [0.29, 0.717) is 0 Å². The van der Waals surface area contributed by atoms with Crippen molar-refractivity contribution in [3.8, 4) is 22.4 Å². The average molecular weight is 532 g/mol. The zero-order chi connectivity index (χ0) is 27.8. The number of rotatable bonds is 7. The molecule has 4 aromatic carbocycles. The third kappa shape index (κ3) is 4.32. The second kappa shape index (κ2) is 10.4. The van der Waals surface area contributed by atoms with E-state index in [9.17, 15) is 0 Å². The third-order valence-corrected chi connectivity index (χ3v) is 7.58. The third-order valence-electron chi connectivity index (χ3n) is 7.58. The van der Waals surface area contributed by atoms with E-state index < -0.39 is 0 Å². The van der Waals surface area contributed by atoms with Gasteiger partial charge in [-0.2, -0.15) is 0 Å². The maximum Gasteiger partial charge on any atom is 0.137 e. The van der Waals surface area contributed by atoms with Crippen molar-refractivity contribution in [1.82, 2.24) is 14.4 Å². The van der Waals surface area contributed by atoms with Crippen molar-refractivity contribution in [1.29, 1.82) is 0 Å². The van der Waals surface area contributed by atoms with E-state index in [1.165, 1.54) is 0 Å². The minimum Gasteiger partial charge on any atom is -0.340 e. The van der Waals surface area contributed by atoms with E-state index in [1.807, 2.05) is 48.5 Å². The number of hydrogen-bond donors (Lipinski definition) is 0. The van der Waals surface area contributed by atoms with E-state index in [1.54, 1.807) is 0 Å². The molecule has 0 bridgehead atoms. The predicted octanol–water partition coefficient (Wildman–Crippen LogP) is 9.25. The van der Waals surface area contributed by atoms with Gasteiger partial charge in [-0.05, 0) is 72.8 Å². The molecule has 0 saturated carbocycles. The molecule has 0 fully saturated rings. The van der Waals surface area contributed by atoms with Crippen LogP contribution in [-0.2, 0) is 0 Å². The number of para-hydroxylation sites is 3. The summed E-state index contributed by atoms with van der Waals surface area (Å²) < 4.78 is 2.14. The van der Waals surface area contributed by atoms with Crippen molar-refractivity contribution in [2.45, 2.75) is 13.3 Å². The van der Waals surface area contributed by atoms with Crippen LogP contribution >= 0.6 is 0 Å². The molecule has 0 N–H and O–H groups in total. The van der Waals surface area contributed by atoms with Crippen LogP contribution in [0.25, 0.3) is 50.0 Å². The molecular formula is C36H29N5. The molecule has 5 heteroatoms. The minimum atomic E-state index is 0.888. The van der Waals surface area contributed by atoms with Crippen LogP contribution in [0.4, 0.5) is 17.1 Å². The quantitative estimate of drug-likeness (QED) is 0.193. The van der Waals surface area contributed by atoms with E-state index >= 15 is 0 Å². The first-order valence-corrected chi connectivity index (χ1v) is 13.9. The summed E-state index contributed by atoms with van der Waals surface area (Å²) in [5.74, 6) is 0. The van der Waals surface area contributed by atoms with Crippen LogP contribution in [0.3, 0.4) is 0 Å². The number of anilines is 2. The van der Waals surface area contributed by atoms with E-state index in [4.69, 9.17) is 9.97 Å². The fourth-order valence-electron chi connectivity index (χ4n) is 5.67. The lowest BCUT2D eigenvalue weighted by Gasteiger charge is -2.26. The SMILES string of the molecule is C=Nc1ccccc1N(CCC)c1ccc(-c2cccc(-c3nc4ccccc4c4nc5ccccn5c34)c2)cc1. The molecule has 3 aromatic heterocycles. The van der Waals surface area contributed by atoms with Gasteiger partial charge in [-0.1, -0.05) is 73.7 Å². The fourth-order valence-corrected chi connectivity index (χ4v) is 5.67. The van der Waals surface area contributed by atoms with Gasteiger partial charge in [0.1, 0.15) is 11.2 Å². The number of aromatic nitrogens is 3. The summed E-state index contributed by atoms with van der Waals surface area (Å²) in [6.45, 7) is 6.86. The molecule has 5 nitrogen and oxygen atoms in total. The van der Waals surface area contributed by atoms with Gasteiger partial charge < -0.3 is 4.90 Å². The van der Waals surface area contributed by atoms with Gasteiger partial charge in [-0.15, -0.1) is 0 Å². The molecule has 0 aliphatic carbocycles. The Bertz CT molecular complexity index is 2040. The smallest absolute Gasteiger partial charge is 0.137 e. The zero-order valence-corrected chi connectivity index (χ0v) is 22.9. The Morgan fingerprint density at radius 3 is 2.39 bits per heavy atom. The van der Waals surface area contributed by atoms with Gasteiger partial charge in [-0.25, -0.2) is 9.97 Å². The first kappa shape index (κ1) is 24.7. The molecule has 7 aromatic rings. The van der Waals surface area contributed by atoms with Crippen LogP contribution in [0, 0.1) is 0 Å². The molecule has 198 valence electrons. The Kier molecular flexibility index (Phi) is 6.25. The maximum absolute atomic E-state index is 5.16. The molecule has 3 heterocycles. The molecule has 0 saturated heterocycles. The summed E-state index contributed by atoms with van der Waals surface area (Å²) in [6.07, 6.45) is 3.08. The molecule has 0 radical (unpaired) electrons. The summed E-state index contributed by atoms with van der Waals surface area (Å²) in [5, 5.41) is 1.06.